The topological polar surface area (TPSA) is 0 Å². The first kappa shape index (κ1) is 13.1. The largest absolute Gasteiger partial charge is 0.0636 e. The Morgan fingerprint density at radius 3 is 1.51 bits per heavy atom. The predicted molar refractivity (Wildman–Crippen MR) is 253 cm³/mol. The third-order valence-electron chi connectivity index (χ3n) is 10.7. The molecule has 59 heavy (non-hydrogen) atoms. The maximum absolute atomic E-state index is 10.7. The fourth-order valence-electron chi connectivity index (χ4n) is 8.06. The molecule has 0 fully saturated rings. The van der Waals surface area contributed by atoms with Gasteiger partial charge in [0.05, 0.1) is 42.5 Å². The lowest BCUT2D eigenvalue weighted by molar-refractivity contribution is 0.660. The molecule has 0 aromatic heterocycles. The minimum absolute atomic E-state index is 0.327. The molecule has 0 saturated heterocycles. The maximum atomic E-state index is 10.7. The van der Waals surface area contributed by atoms with Crippen molar-refractivity contribution in [1.82, 2.24) is 0 Å². The highest BCUT2D eigenvalue weighted by atomic mass is 14.4. The fourth-order valence-corrected chi connectivity index (χ4v) is 8.06. The number of hydrogen-bond donors (Lipinski definition) is 0. The van der Waals surface area contributed by atoms with Gasteiger partial charge in [-0.15, -0.1) is 0 Å². The third kappa shape index (κ3) is 4.55. The second-order valence-electron chi connectivity index (χ2n) is 13.8. The van der Waals surface area contributed by atoms with Crippen LogP contribution in [0.2, 0.25) is 0 Å². The van der Waals surface area contributed by atoms with Gasteiger partial charge in [-0.1, -0.05) is 195 Å². The molecular formula is C59H38. The molecule has 0 bridgehead atoms. The normalized spacial score (nSPS) is 22.7. The molecule has 0 N–H and O–H groups in total. The van der Waals surface area contributed by atoms with Gasteiger partial charge in [-0.2, -0.15) is 0 Å². The Balaban J connectivity index is 1.32. The highest BCUT2D eigenvalue weighted by molar-refractivity contribution is 6.27. The van der Waals surface area contributed by atoms with Gasteiger partial charge in [0.2, 0.25) is 0 Å². The summed E-state index contributed by atoms with van der Waals surface area (Å²) in [6.45, 7) is -7.91. The molecule has 12 aromatic rings. The van der Waals surface area contributed by atoms with Crippen LogP contribution in [0.4, 0.5) is 0 Å². The first-order chi connectivity index (χ1) is 44.5. The summed E-state index contributed by atoms with van der Waals surface area (Å²) in [7, 11) is 0. The summed E-state index contributed by atoms with van der Waals surface area (Å²) in [5, 5.41) is -6.33. The van der Waals surface area contributed by atoms with Gasteiger partial charge in [-0.25, -0.2) is 0 Å². The van der Waals surface area contributed by atoms with Crippen molar-refractivity contribution < 1.29 is 50.7 Å². The van der Waals surface area contributed by atoms with Crippen LogP contribution in [0, 0.1) is 0 Å². The highest BCUT2D eigenvalue weighted by Crippen LogP contribution is 2.51. The summed E-state index contributed by atoms with van der Waals surface area (Å²) >= 11 is 0. The van der Waals surface area contributed by atoms with Crippen molar-refractivity contribution in [1.29, 1.82) is 0 Å². The van der Waals surface area contributed by atoms with E-state index >= 15 is 0 Å². The van der Waals surface area contributed by atoms with E-state index in [0.29, 0.717) is 0 Å². The van der Waals surface area contributed by atoms with E-state index in [0.717, 1.165) is 6.07 Å². The second kappa shape index (κ2) is 11.9. The first-order valence-corrected chi connectivity index (χ1v) is 17.8. The van der Waals surface area contributed by atoms with Gasteiger partial charge in [-0.05, 0) is 143 Å². The van der Waals surface area contributed by atoms with Crippen molar-refractivity contribution in [2.75, 3.05) is 0 Å². The third-order valence-corrected chi connectivity index (χ3v) is 10.7. The van der Waals surface area contributed by atoms with Crippen molar-refractivity contribution in [2.45, 2.75) is 19.1 Å². The van der Waals surface area contributed by atoms with E-state index < -0.39 is 327 Å². The maximum Gasteiger partial charge on any atom is 0.0636 e. The molecule has 0 unspecified atom stereocenters. The predicted octanol–water partition coefficient (Wildman–Crippen LogP) is 16.5. The minimum Gasteiger partial charge on any atom is -0.0619 e. The van der Waals surface area contributed by atoms with Crippen LogP contribution in [0.3, 0.4) is 0 Å². The molecule has 1 aliphatic rings. The molecule has 0 radical (unpaired) electrons. The minimum atomic E-state index is -3.96. The van der Waals surface area contributed by atoms with Gasteiger partial charge >= 0.3 is 0 Å². The smallest absolute Gasteiger partial charge is 0.0619 e. The van der Waals surface area contributed by atoms with Crippen LogP contribution in [0.5, 0.6) is 0 Å². The molecule has 0 amide bonds. The average molecular weight is 784 g/mol. The summed E-state index contributed by atoms with van der Waals surface area (Å²) in [6.07, 6.45) is 0. The summed E-state index contributed by atoms with van der Waals surface area (Å²) in [5.74, 6) is 0. The van der Waals surface area contributed by atoms with E-state index in [4.69, 9.17) is 26.0 Å². The van der Waals surface area contributed by atoms with Gasteiger partial charge in [0.15, 0.2) is 0 Å². The Morgan fingerprint density at radius 1 is 0.322 bits per heavy atom. The van der Waals surface area contributed by atoms with Gasteiger partial charge in [0.25, 0.3) is 0 Å². The molecule has 13 rings (SSSR count). The van der Waals surface area contributed by atoms with E-state index in [1.165, 1.54) is 0 Å². The summed E-state index contributed by atoms with van der Waals surface area (Å²) < 4.78 is 346. The van der Waals surface area contributed by atoms with E-state index in [2.05, 4.69) is 0 Å². The molecule has 0 aliphatic heterocycles. The molecule has 0 nitrogen and oxygen atoms in total. The van der Waals surface area contributed by atoms with Crippen LogP contribution in [0.1, 0.15) is 75.5 Å². The molecule has 0 atom stereocenters. The zero-order valence-corrected chi connectivity index (χ0v) is 29.6. The Bertz CT molecular complexity index is 5700. The lowest BCUT2D eigenvalue weighted by atomic mass is 9.81. The van der Waals surface area contributed by atoms with Gasteiger partial charge < -0.3 is 0 Å². The molecule has 0 spiro atoms. The molecule has 0 heteroatoms. The fraction of sp³-hybridized carbons (Fsp3) is 0.0508. The summed E-state index contributed by atoms with van der Waals surface area (Å²) in [6, 6.07) is -32.2. The zero-order valence-electron chi connectivity index (χ0n) is 66.6. The average Bonchev–Trinajstić information content (AvgIpc) is 1.36. The monoisotopic (exact) mass is 784 g/mol. The van der Waals surface area contributed by atoms with Crippen LogP contribution < -0.4 is 0 Å². The molecule has 0 saturated carbocycles. The number of hydrogen-bond acceptors (Lipinski definition) is 0. The van der Waals surface area contributed by atoms with E-state index in [9.17, 15) is 24.7 Å². The van der Waals surface area contributed by atoms with E-state index in [1.54, 1.807) is 0 Å². The Kier molecular flexibility index (Phi) is 2.64. The lowest BCUT2D eigenvalue weighted by Crippen LogP contribution is -2.14. The van der Waals surface area contributed by atoms with Crippen molar-refractivity contribution in [2.24, 2.45) is 0 Å². The Morgan fingerprint density at radius 2 is 0.797 bits per heavy atom. The van der Waals surface area contributed by atoms with Crippen molar-refractivity contribution >= 4 is 64.6 Å². The quantitative estimate of drug-likeness (QED) is 0.156. The lowest BCUT2D eigenvalue weighted by Gasteiger charge is -2.22. The SMILES string of the molecule is [2H]c1cc2c([2H])c([2H])c3c([2H])c([2H])c(-c4c([2H])c(-c5c([2H])c([2H])c([2H])c([2H])c5-c5c([2H])c([2H])c6c([2H])c([2H])c7c([2H])c([2H])c([2H])c8c([2H])c([2H])c5c6c78)c([2H])c([2H])c4-c4c([2H])c([2H])c5c(c4[2H])-c4c([2H])c([2H])c([2H])c([2H])c4C5(C([2H])([2H])[2H])C([2H])([2H])[2H])c4c([2H])c([2H])c(c1[2H])c2c34. The van der Waals surface area contributed by atoms with E-state index in [-0.39, 0.29) is 10.8 Å². The standard InChI is InChI=1S/C59H38/c1-59(2)53-16-6-5-15-48(53)52-34-42(26-32-54(52)59)44-27-25-41(33-51(44)47-29-22-40-20-18-36-10-8-12-38-24-31-50(47)58(40)56(36)38)43-13-3-4-14-45(43)46-28-21-39-19-17-35-9-7-11-37-23-30-49(46)57(39)55(35)37/h3-34H,1-2H3/i1D3,2D3,3D,4D,5D,6D,7D,8D,9D,11D,12D,13D,14D,15D,16D,17D,18D,19D,20D,21D,22D,23D,24D,25D,26D,27D,28D,29D,30D,31D,32D,33D,34D. The van der Waals surface area contributed by atoms with Crippen molar-refractivity contribution in [3.63, 3.8) is 0 Å². The van der Waals surface area contributed by atoms with Gasteiger partial charge in [-0.3, -0.25) is 0 Å². The Labute approximate surface area is 395 Å². The van der Waals surface area contributed by atoms with Crippen LogP contribution in [-0.4, -0.2) is 0 Å². The molecule has 274 valence electrons. The second-order valence-corrected chi connectivity index (χ2v) is 13.8. The molecule has 1 aliphatic carbocycles. The number of rotatable bonds is 4. The first-order valence-electron chi connectivity index (χ1n) is 36.3. The summed E-state index contributed by atoms with van der Waals surface area (Å²) in [5.41, 5.74) is -16.8. The van der Waals surface area contributed by atoms with Crippen molar-refractivity contribution in [3.05, 3.63) is 205 Å². The molecule has 0 heterocycles. The number of fused-ring (bicyclic) bond motifs is 3. The zero-order chi connectivity index (χ0) is 71.0. The van der Waals surface area contributed by atoms with Gasteiger partial charge in [0.1, 0.15) is 0 Å². The Hall–Kier alpha value is -7.28. The summed E-state index contributed by atoms with van der Waals surface area (Å²) in [4.78, 5) is 0. The van der Waals surface area contributed by atoms with Crippen LogP contribution in [0.15, 0.2) is 193 Å². The number of benzene rings is 12. The van der Waals surface area contributed by atoms with E-state index in [1.807, 2.05) is 0 Å². The van der Waals surface area contributed by atoms with Crippen molar-refractivity contribution in [3.8, 4) is 55.6 Å². The molecule has 12 aromatic carbocycles. The van der Waals surface area contributed by atoms with Crippen LogP contribution in [0.25, 0.3) is 120 Å². The van der Waals surface area contributed by atoms with Crippen LogP contribution in [-0.2, 0) is 5.41 Å². The van der Waals surface area contributed by atoms with Crippen LogP contribution >= 0.6 is 0 Å². The highest BCUT2D eigenvalue weighted by Gasteiger charge is 2.35. The molecular weight excluding hydrogens is 709 g/mol. The van der Waals surface area contributed by atoms with Gasteiger partial charge in [0, 0.05) is 13.6 Å².